The molecule has 0 amide bonds. The molecule has 0 aliphatic heterocycles. The van der Waals surface area contributed by atoms with Crippen molar-refractivity contribution in [3.8, 4) is 17.2 Å². The van der Waals surface area contributed by atoms with Crippen LogP contribution >= 0.6 is 0 Å². The maximum absolute atomic E-state index is 11.3. The van der Waals surface area contributed by atoms with E-state index in [2.05, 4.69) is 10.3 Å². The maximum atomic E-state index is 11.3. The predicted octanol–water partition coefficient (Wildman–Crippen LogP) is 3.15. The quantitative estimate of drug-likeness (QED) is 0.668. The van der Waals surface area contributed by atoms with E-state index in [1.54, 1.807) is 25.2 Å². The number of rotatable bonds is 5. The Morgan fingerprint density at radius 1 is 1.12 bits per heavy atom. The summed E-state index contributed by atoms with van der Waals surface area (Å²) in [6.45, 7) is 0.367. The topological polar surface area (TPSA) is 91.7 Å². The van der Waals surface area contributed by atoms with E-state index in [0.717, 1.165) is 0 Å². The minimum Gasteiger partial charge on any atom is -0.505 e. The standard InChI is InChI=1S/C18H16N2O4/c1-19-10-15-14-9-12(24-11-5-3-2-4-6-11)7-8-13(14)17(21)16(20-15)18(22)23/h2-9,19,21H,10H2,1H3,(H,22,23). The first kappa shape index (κ1) is 15.8. The van der Waals surface area contributed by atoms with E-state index >= 15 is 0 Å². The maximum Gasteiger partial charge on any atom is 0.358 e. The molecule has 0 radical (unpaired) electrons. The van der Waals surface area contributed by atoms with Crippen LogP contribution < -0.4 is 10.1 Å². The van der Waals surface area contributed by atoms with Gasteiger partial charge in [-0.3, -0.25) is 0 Å². The second-order valence-electron chi connectivity index (χ2n) is 5.21. The number of carboxylic acid groups (broad SMARTS) is 1. The summed E-state index contributed by atoms with van der Waals surface area (Å²) in [4.78, 5) is 15.3. The summed E-state index contributed by atoms with van der Waals surface area (Å²) in [6, 6.07) is 14.4. The van der Waals surface area contributed by atoms with Gasteiger partial charge in [0, 0.05) is 17.3 Å². The Labute approximate surface area is 138 Å². The smallest absolute Gasteiger partial charge is 0.358 e. The van der Waals surface area contributed by atoms with Gasteiger partial charge in [0.05, 0.1) is 5.69 Å². The number of pyridine rings is 1. The SMILES string of the molecule is CNCc1nc(C(=O)O)c(O)c2ccc(Oc3ccccc3)cc12. The third-order valence-corrected chi connectivity index (χ3v) is 3.55. The van der Waals surface area contributed by atoms with Gasteiger partial charge in [-0.05, 0) is 37.4 Å². The van der Waals surface area contributed by atoms with Gasteiger partial charge < -0.3 is 20.3 Å². The van der Waals surface area contributed by atoms with Gasteiger partial charge in [0.15, 0.2) is 11.4 Å². The van der Waals surface area contributed by atoms with E-state index in [9.17, 15) is 15.0 Å². The van der Waals surface area contributed by atoms with Gasteiger partial charge in [-0.1, -0.05) is 18.2 Å². The second-order valence-corrected chi connectivity index (χ2v) is 5.21. The third kappa shape index (κ3) is 3.00. The zero-order valence-electron chi connectivity index (χ0n) is 13.0. The molecule has 2 aromatic carbocycles. The van der Waals surface area contributed by atoms with Crippen LogP contribution in [-0.2, 0) is 6.54 Å². The van der Waals surface area contributed by atoms with Gasteiger partial charge in [-0.2, -0.15) is 0 Å². The van der Waals surface area contributed by atoms with Crippen molar-refractivity contribution in [2.24, 2.45) is 0 Å². The van der Waals surface area contributed by atoms with Crippen LogP contribution in [0.5, 0.6) is 17.2 Å². The van der Waals surface area contributed by atoms with E-state index in [4.69, 9.17) is 4.74 Å². The van der Waals surface area contributed by atoms with Crippen molar-refractivity contribution in [2.45, 2.75) is 6.54 Å². The lowest BCUT2D eigenvalue weighted by Crippen LogP contribution is -2.11. The summed E-state index contributed by atoms with van der Waals surface area (Å²) in [6.07, 6.45) is 0. The minimum atomic E-state index is -1.27. The van der Waals surface area contributed by atoms with Crippen LogP contribution in [0, 0.1) is 0 Å². The van der Waals surface area contributed by atoms with Crippen LogP contribution in [0.4, 0.5) is 0 Å². The lowest BCUT2D eigenvalue weighted by molar-refractivity contribution is 0.0687. The van der Waals surface area contributed by atoms with Crippen molar-refractivity contribution >= 4 is 16.7 Å². The average molecular weight is 324 g/mol. The molecule has 0 bridgehead atoms. The van der Waals surface area contributed by atoms with Crippen molar-refractivity contribution < 1.29 is 19.7 Å². The number of aromatic hydroxyl groups is 1. The Bertz CT molecular complexity index is 894. The summed E-state index contributed by atoms with van der Waals surface area (Å²) in [7, 11) is 1.74. The van der Waals surface area contributed by atoms with Gasteiger partial charge in [0.1, 0.15) is 11.5 Å². The number of fused-ring (bicyclic) bond motifs is 1. The second kappa shape index (κ2) is 6.55. The molecular weight excluding hydrogens is 308 g/mol. The molecule has 122 valence electrons. The first-order valence-electron chi connectivity index (χ1n) is 7.36. The lowest BCUT2D eigenvalue weighted by Gasteiger charge is -2.12. The number of benzene rings is 2. The number of nitrogens with one attached hydrogen (secondary N) is 1. The average Bonchev–Trinajstić information content (AvgIpc) is 2.58. The lowest BCUT2D eigenvalue weighted by atomic mass is 10.1. The van der Waals surface area contributed by atoms with Crippen molar-refractivity contribution in [3.63, 3.8) is 0 Å². The monoisotopic (exact) mass is 324 g/mol. The Morgan fingerprint density at radius 3 is 2.54 bits per heavy atom. The van der Waals surface area contributed by atoms with Crippen molar-refractivity contribution in [1.29, 1.82) is 0 Å². The number of hydrogen-bond donors (Lipinski definition) is 3. The molecular formula is C18H16N2O4. The molecule has 3 N–H and O–H groups in total. The van der Waals surface area contributed by atoms with Gasteiger partial charge in [0.25, 0.3) is 0 Å². The molecule has 0 aliphatic rings. The highest BCUT2D eigenvalue weighted by Crippen LogP contribution is 2.33. The molecule has 3 rings (SSSR count). The summed E-state index contributed by atoms with van der Waals surface area (Å²) >= 11 is 0. The molecule has 1 heterocycles. The first-order valence-corrected chi connectivity index (χ1v) is 7.36. The Hall–Kier alpha value is -3.12. The predicted molar refractivity (Wildman–Crippen MR) is 89.6 cm³/mol. The van der Waals surface area contributed by atoms with E-state index in [0.29, 0.717) is 34.5 Å². The van der Waals surface area contributed by atoms with E-state index < -0.39 is 5.97 Å². The molecule has 0 fully saturated rings. The molecule has 6 nitrogen and oxygen atoms in total. The van der Waals surface area contributed by atoms with E-state index in [-0.39, 0.29) is 11.4 Å². The zero-order valence-corrected chi connectivity index (χ0v) is 13.0. The fraction of sp³-hybridized carbons (Fsp3) is 0.111. The molecule has 1 aromatic heterocycles. The highest BCUT2D eigenvalue weighted by molar-refractivity contribution is 5.99. The van der Waals surface area contributed by atoms with Gasteiger partial charge in [0.2, 0.25) is 0 Å². The highest BCUT2D eigenvalue weighted by Gasteiger charge is 2.18. The molecule has 0 unspecified atom stereocenters. The normalized spacial score (nSPS) is 10.7. The van der Waals surface area contributed by atoms with Crippen molar-refractivity contribution in [2.75, 3.05) is 7.05 Å². The number of para-hydroxylation sites is 1. The highest BCUT2D eigenvalue weighted by atomic mass is 16.5. The van der Waals surface area contributed by atoms with Crippen LogP contribution in [0.3, 0.4) is 0 Å². The molecule has 0 saturated heterocycles. The summed E-state index contributed by atoms with van der Waals surface area (Å²) in [5, 5.41) is 23.4. The molecule has 0 spiro atoms. The minimum absolute atomic E-state index is 0.344. The molecule has 0 aliphatic carbocycles. The molecule has 24 heavy (non-hydrogen) atoms. The molecule has 0 atom stereocenters. The van der Waals surface area contributed by atoms with Crippen molar-refractivity contribution in [1.82, 2.24) is 10.3 Å². The fourth-order valence-corrected chi connectivity index (χ4v) is 2.48. The van der Waals surface area contributed by atoms with Gasteiger partial charge in [-0.25, -0.2) is 9.78 Å². The number of hydrogen-bond acceptors (Lipinski definition) is 5. The van der Waals surface area contributed by atoms with Crippen LogP contribution in [0.2, 0.25) is 0 Å². The Morgan fingerprint density at radius 2 is 1.88 bits per heavy atom. The molecule has 3 aromatic rings. The van der Waals surface area contributed by atoms with Crippen LogP contribution in [0.25, 0.3) is 10.8 Å². The Kier molecular flexibility index (Phi) is 4.31. The summed E-state index contributed by atoms with van der Waals surface area (Å²) < 4.78 is 5.79. The van der Waals surface area contributed by atoms with E-state index in [1.165, 1.54) is 0 Å². The zero-order chi connectivity index (χ0) is 17.1. The van der Waals surface area contributed by atoms with Gasteiger partial charge >= 0.3 is 5.97 Å². The molecule has 6 heteroatoms. The number of nitrogens with zero attached hydrogens (tertiary/aromatic N) is 1. The van der Waals surface area contributed by atoms with Crippen LogP contribution in [0.15, 0.2) is 48.5 Å². The largest absolute Gasteiger partial charge is 0.505 e. The summed E-state index contributed by atoms with van der Waals surface area (Å²) in [5.41, 5.74) is 0.172. The van der Waals surface area contributed by atoms with Crippen LogP contribution in [-0.4, -0.2) is 28.2 Å². The van der Waals surface area contributed by atoms with Crippen molar-refractivity contribution in [3.05, 3.63) is 59.9 Å². The van der Waals surface area contributed by atoms with Crippen LogP contribution in [0.1, 0.15) is 16.2 Å². The van der Waals surface area contributed by atoms with E-state index in [1.807, 2.05) is 30.3 Å². The fourth-order valence-electron chi connectivity index (χ4n) is 2.48. The summed E-state index contributed by atoms with van der Waals surface area (Å²) in [5.74, 6) is -0.346. The number of carboxylic acids is 1. The number of carbonyl (C=O) groups is 1. The first-order chi connectivity index (χ1) is 11.6. The Balaban J connectivity index is 2.12. The number of aromatic nitrogens is 1. The number of aromatic carboxylic acids is 1. The number of ether oxygens (including phenoxy) is 1. The van der Waals surface area contributed by atoms with Gasteiger partial charge in [-0.15, -0.1) is 0 Å². The third-order valence-electron chi connectivity index (χ3n) is 3.55. The molecule has 0 saturated carbocycles.